The Labute approximate surface area is 132 Å². The number of hydrogen-bond donors (Lipinski definition) is 1. The molecule has 1 fully saturated rings. The molecule has 0 amide bonds. The fraction of sp³-hybridized carbons (Fsp3) is 0.579. The Morgan fingerprint density at radius 2 is 1.90 bits per heavy atom. The van der Waals surface area contributed by atoms with E-state index in [-0.39, 0.29) is 0 Å². The summed E-state index contributed by atoms with van der Waals surface area (Å²) >= 11 is 1.96. The Balaban J connectivity index is 1.75. The molecule has 0 aliphatic heterocycles. The van der Waals surface area contributed by atoms with Gasteiger partial charge in [0.2, 0.25) is 0 Å². The van der Waals surface area contributed by atoms with Gasteiger partial charge in [-0.25, -0.2) is 0 Å². The van der Waals surface area contributed by atoms with E-state index in [0.29, 0.717) is 12.1 Å². The van der Waals surface area contributed by atoms with Crippen molar-refractivity contribution in [3.05, 3.63) is 34.7 Å². The van der Waals surface area contributed by atoms with E-state index in [1.165, 1.54) is 39.8 Å². The zero-order valence-corrected chi connectivity index (χ0v) is 14.5. The Hall–Kier alpha value is -0.860. The zero-order valence-electron chi connectivity index (χ0n) is 13.6. The maximum Gasteiger partial charge on any atom is 0.0391 e. The summed E-state index contributed by atoms with van der Waals surface area (Å²) < 4.78 is 1.42. The summed E-state index contributed by atoms with van der Waals surface area (Å²) in [5.41, 5.74) is 1.47. The first-order valence-electron chi connectivity index (χ1n) is 8.30. The van der Waals surface area contributed by atoms with Gasteiger partial charge in [-0.1, -0.05) is 32.0 Å². The van der Waals surface area contributed by atoms with Crippen LogP contribution in [0.3, 0.4) is 0 Å². The van der Waals surface area contributed by atoms with Crippen LogP contribution in [0.4, 0.5) is 0 Å². The predicted molar refractivity (Wildman–Crippen MR) is 94.1 cm³/mol. The van der Waals surface area contributed by atoms with Gasteiger partial charge in [0, 0.05) is 21.7 Å². The summed E-state index contributed by atoms with van der Waals surface area (Å²) in [6.45, 7) is 9.42. The Morgan fingerprint density at radius 3 is 2.62 bits per heavy atom. The first kappa shape index (κ1) is 15.1. The van der Waals surface area contributed by atoms with Crippen molar-refractivity contribution in [1.29, 1.82) is 0 Å². The second kappa shape index (κ2) is 6.10. The van der Waals surface area contributed by atoms with Crippen molar-refractivity contribution in [2.24, 2.45) is 11.8 Å². The largest absolute Gasteiger partial charge is 0.307 e. The van der Waals surface area contributed by atoms with E-state index < -0.39 is 0 Å². The van der Waals surface area contributed by atoms with Gasteiger partial charge in [-0.3, -0.25) is 0 Å². The van der Waals surface area contributed by atoms with Crippen LogP contribution in [0, 0.1) is 18.8 Å². The molecule has 1 heterocycles. The molecule has 1 aliphatic rings. The molecule has 0 radical (unpaired) electrons. The van der Waals surface area contributed by atoms with Gasteiger partial charge in [-0.05, 0) is 62.0 Å². The van der Waals surface area contributed by atoms with Gasteiger partial charge in [0.15, 0.2) is 0 Å². The highest BCUT2D eigenvalue weighted by Crippen LogP contribution is 2.36. The number of hydrogen-bond acceptors (Lipinski definition) is 2. The van der Waals surface area contributed by atoms with E-state index in [2.05, 4.69) is 57.3 Å². The molecule has 1 saturated carbocycles. The molecule has 4 atom stereocenters. The summed E-state index contributed by atoms with van der Waals surface area (Å²) in [5.74, 6) is 1.75. The van der Waals surface area contributed by atoms with Crippen LogP contribution in [-0.4, -0.2) is 6.04 Å². The molecule has 0 saturated heterocycles. The minimum Gasteiger partial charge on any atom is -0.307 e. The van der Waals surface area contributed by atoms with Crippen LogP contribution in [0.5, 0.6) is 0 Å². The molecule has 1 N–H and O–H groups in total. The smallest absolute Gasteiger partial charge is 0.0391 e. The van der Waals surface area contributed by atoms with Gasteiger partial charge in [0.1, 0.15) is 0 Å². The van der Waals surface area contributed by atoms with Crippen LogP contribution in [0.1, 0.15) is 56.5 Å². The monoisotopic (exact) mass is 301 g/mol. The third-order valence-corrected chi connectivity index (χ3v) is 6.81. The molecule has 21 heavy (non-hydrogen) atoms. The lowest BCUT2D eigenvalue weighted by atomic mass is 9.79. The SMILES string of the molecule is Cc1c(C(C)NC2CCC(C)C(C)C2)sc2ccccc12. The maximum atomic E-state index is 3.90. The molecule has 3 rings (SSSR count). The average Bonchev–Trinajstić information content (AvgIpc) is 2.81. The lowest BCUT2D eigenvalue weighted by molar-refractivity contribution is 0.218. The molecule has 2 heteroatoms. The number of fused-ring (bicyclic) bond motifs is 1. The van der Waals surface area contributed by atoms with Crippen LogP contribution >= 0.6 is 11.3 Å². The summed E-state index contributed by atoms with van der Waals surface area (Å²) in [5, 5.41) is 5.33. The number of thiophene rings is 1. The summed E-state index contributed by atoms with van der Waals surface area (Å²) in [6.07, 6.45) is 4.03. The third-order valence-electron chi connectivity index (χ3n) is 5.36. The highest BCUT2D eigenvalue weighted by atomic mass is 32.1. The zero-order chi connectivity index (χ0) is 15.0. The van der Waals surface area contributed by atoms with E-state index in [0.717, 1.165) is 11.8 Å². The molecule has 1 aliphatic carbocycles. The van der Waals surface area contributed by atoms with Gasteiger partial charge in [-0.2, -0.15) is 0 Å². The maximum absolute atomic E-state index is 3.90. The van der Waals surface area contributed by atoms with Gasteiger partial charge >= 0.3 is 0 Å². The highest BCUT2D eigenvalue weighted by molar-refractivity contribution is 7.19. The average molecular weight is 301 g/mol. The second-order valence-corrected chi connectivity index (χ2v) is 8.02. The standard InChI is InChI=1S/C19H27NS/c1-12-9-10-16(11-13(12)2)20-15(4)19-14(3)17-7-5-6-8-18(17)21-19/h5-8,12-13,15-16,20H,9-11H2,1-4H3. The minimum absolute atomic E-state index is 0.466. The van der Waals surface area contributed by atoms with Crippen LogP contribution in [0.2, 0.25) is 0 Å². The van der Waals surface area contributed by atoms with E-state index in [9.17, 15) is 0 Å². The number of rotatable bonds is 3. The van der Waals surface area contributed by atoms with Crippen molar-refractivity contribution in [2.45, 2.75) is 59.0 Å². The van der Waals surface area contributed by atoms with E-state index in [1.54, 1.807) is 0 Å². The van der Waals surface area contributed by atoms with Gasteiger partial charge in [0.05, 0.1) is 0 Å². The summed E-state index contributed by atoms with van der Waals surface area (Å²) in [6, 6.07) is 9.94. The van der Waals surface area contributed by atoms with Gasteiger partial charge in [0.25, 0.3) is 0 Å². The molecular formula is C19H27NS. The minimum atomic E-state index is 0.466. The number of nitrogens with one attached hydrogen (secondary N) is 1. The Morgan fingerprint density at radius 1 is 1.14 bits per heavy atom. The van der Waals surface area contributed by atoms with Crippen LogP contribution in [-0.2, 0) is 0 Å². The topological polar surface area (TPSA) is 12.0 Å². The molecular weight excluding hydrogens is 274 g/mol. The molecule has 1 nitrogen and oxygen atoms in total. The van der Waals surface area contributed by atoms with Crippen molar-refractivity contribution in [3.8, 4) is 0 Å². The molecule has 2 aromatic rings. The molecule has 4 unspecified atom stereocenters. The molecule has 114 valence electrons. The molecule has 1 aromatic carbocycles. The number of benzene rings is 1. The summed E-state index contributed by atoms with van der Waals surface area (Å²) in [4.78, 5) is 1.52. The van der Waals surface area contributed by atoms with Crippen molar-refractivity contribution >= 4 is 21.4 Å². The van der Waals surface area contributed by atoms with E-state index in [4.69, 9.17) is 0 Å². The van der Waals surface area contributed by atoms with Gasteiger partial charge < -0.3 is 5.32 Å². The first-order valence-corrected chi connectivity index (χ1v) is 9.12. The molecule has 1 aromatic heterocycles. The van der Waals surface area contributed by atoms with Crippen molar-refractivity contribution < 1.29 is 0 Å². The van der Waals surface area contributed by atoms with Crippen LogP contribution in [0.25, 0.3) is 10.1 Å². The quantitative estimate of drug-likeness (QED) is 0.768. The summed E-state index contributed by atoms with van der Waals surface area (Å²) in [7, 11) is 0. The Kier molecular flexibility index (Phi) is 4.37. The normalized spacial score (nSPS) is 27.9. The molecule has 0 bridgehead atoms. The second-order valence-electron chi connectivity index (χ2n) is 6.94. The lowest BCUT2D eigenvalue weighted by Crippen LogP contribution is -2.37. The van der Waals surface area contributed by atoms with Crippen molar-refractivity contribution in [3.63, 3.8) is 0 Å². The van der Waals surface area contributed by atoms with Crippen LogP contribution in [0.15, 0.2) is 24.3 Å². The fourth-order valence-corrected chi connectivity index (χ4v) is 4.96. The third kappa shape index (κ3) is 3.02. The fourth-order valence-electron chi connectivity index (χ4n) is 3.73. The van der Waals surface area contributed by atoms with Crippen molar-refractivity contribution in [1.82, 2.24) is 5.32 Å². The Bertz CT molecular complexity index is 615. The highest BCUT2D eigenvalue weighted by Gasteiger charge is 2.26. The predicted octanol–water partition coefficient (Wildman–Crippen LogP) is 5.69. The number of aryl methyl sites for hydroxylation is 1. The van der Waals surface area contributed by atoms with Crippen LogP contribution < -0.4 is 5.32 Å². The van der Waals surface area contributed by atoms with Crippen molar-refractivity contribution in [2.75, 3.05) is 0 Å². The van der Waals surface area contributed by atoms with E-state index >= 15 is 0 Å². The first-order chi connectivity index (χ1) is 10.1. The molecule has 0 spiro atoms. The van der Waals surface area contributed by atoms with E-state index in [1.807, 2.05) is 11.3 Å². The lowest BCUT2D eigenvalue weighted by Gasteiger charge is -2.34. The van der Waals surface area contributed by atoms with Gasteiger partial charge in [-0.15, -0.1) is 11.3 Å².